The summed E-state index contributed by atoms with van der Waals surface area (Å²) in [5.74, 6) is -0.233. The summed E-state index contributed by atoms with van der Waals surface area (Å²) in [6.07, 6.45) is 3.54. The minimum Gasteiger partial charge on any atom is -0.462 e. The molecule has 29 heavy (non-hydrogen) atoms. The Morgan fingerprint density at radius 1 is 0.931 bits per heavy atom. The Bertz CT molecular complexity index is 913. The molecule has 0 unspecified atom stereocenters. The molecule has 4 nitrogen and oxygen atoms in total. The van der Waals surface area contributed by atoms with E-state index in [1.165, 1.54) is 17.3 Å². The van der Waals surface area contributed by atoms with Crippen molar-refractivity contribution in [1.82, 2.24) is 0 Å². The molecule has 0 bridgehead atoms. The molecule has 0 N–H and O–H groups in total. The molecule has 0 aromatic heterocycles. The molecule has 0 heterocycles. The molecule has 2 aromatic rings. The van der Waals surface area contributed by atoms with Crippen molar-refractivity contribution in [2.24, 2.45) is 0 Å². The van der Waals surface area contributed by atoms with Crippen molar-refractivity contribution in [3.63, 3.8) is 0 Å². The third-order valence-electron chi connectivity index (χ3n) is 4.19. The first-order valence-electron chi connectivity index (χ1n) is 9.29. The number of ether oxygens (including phenoxy) is 2. The smallest absolute Gasteiger partial charge is 0.338 e. The topological polar surface area (TPSA) is 52.6 Å². The summed E-state index contributed by atoms with van der Waals surface area (Å²) in [7, 11) is 0. The van der Waals surface area contributed by atoms with Crippen molar-refractivity contribution >= 4 is 23.7 Å². The SMILES string of the molecule is C=C(C)C(=O)OCCCc1ccc(-c2ccc(OC(=O)C(=C)C)c(SC)c2)cc1. The average Bonchev–Trinajstić information content (AvgIpc) is 2.71. The molecule has 2 rings (SSSR count). The lowest BCUT2D eigenvalue weighted by atomic mass is 10.0. The third kappa shape index (κ3) is 6.64. The fraction of sp³-hybridized carbons (Fsp3) is 0.250. The molecule has 0 amide bonds. The first-order chi connectivity index (χ1) is 13.8. The lowest BCUT2D eigenvalue weighted by molar-refractivity contribution is -0.139. The van der Waals surface area contributed by atoms with Gasteiger partial charge in [-0.05, 0) is 61.8 Å². The van der Waals surface area contributed by atoms with Crippen molar-refractivity contribution in [2.45, 2.75) is 31.6 Å². The number of aryl methyl sites for hydroxylation is 1. The van der Waals surface area contributed by atoms with Crippen LogP contribution in [0.3, 0.4) is 0 Å². The van der Waals surface area contributed by atoms with Gasteiger partial charge in [-0.15, -0.1) is 11.8 Å². The fourth-order valence-electron chi connectivity index (χ4n) is 2.55. The van der Waals surface area contributed by atoms with Crippen LogP contribution >= 0.6 is 11.8 Å². The number of carbonyl (C=O) groups is 2. The maximum atomic E-state index is 11.8. The average molecular weight is 411 g/mol. The maximum Gasteiger partial charge on any atom is 0.338 e. The molecule has 152 valence electrons. The Kier molecular flexibility index (Phi) is 8.28. The number of hydrogen-bond donors (Lipinski definition) is 0. The second kappa shape index (κ2) is 10.7. The fourth-order valence-corrected chi connectivity index (χ4v) is 3.10. The lowest BCUT2D eigenvalue weighted by Crippen LogP contribution is -2.08. The molecule has 0 aliphatic carbocycles. The summed E-state index contributed by atoms with van der Waals surface area (Å²) in [5, 5.41) is 0. The van der Waals surface area contributed by atoms with Crippen LogP contribution in [-0.2, 0) is 20.7 Å². The Labute approximate surface area is 176 Å². The first-order valence-corrected chi connectivity index (χ1v) is 10.5. The molecule has 0 atom stereocenters. The number of benzene rings is 2. The molecule has 2 aromatic carbocycles. The van der Waals surface area contributed by atoms with Gasteiger partial charge in [0.25, 0.3) is 0 Å². The second-order valence-corrected chi connectivity index (χ2v) is 7.60. The van der Waals surface area contributed by atoms with Crippen LogP contribution < -0.4 is 4.74 Å². The monoisotopic (exact) mass is 410 g/mol. The second-order valence-electron chi connectivity index (χ2n) is 6.75. The summed E-state index contributed by atoms with van der Waals surface area (Å²) in [4.78, 5) is 24.0. The molecule has 0 fully saturated rings. The zero-order chi connectivity index (χ0) is 21.4. The van der Waals surface area contributed by atoms with Crippen LogP contribution in [0.25, 0.3) is 11.1 Å². The minimum absolute atomic E-state index is 0.345. The van der Waals surface area contributed by atoms with Crippen molar-refractivity contribution < 1.29 is 19.1 Å². The zero-order valence-electron chi connectivity index (χ0n) is 17.1. The molecule has 0 radical (unpaired) electrons. The number of esters is 2. The van der Waals surface area contributed by atoms with E-state index in [1.54, 1.807) is 13.8 Å². The van der Waals surface area contributed by atoms with Gasteiger partial charge in [0.2, 0.25) is 0 Å². The normalized spacial score (nSPS) is 10.3. The van der Waals surface area contributed by atoms with Crippen LogP contribution in [0.2, 0.25) is 0 Å². The lowest BCUT2D eigenvalue weighted by Gasteiger charge is -2.11. The van der Waals surface area contributed by atoms with Gasteiger partial charge >= 0.3 is 11.9 Å². The highest BCUT2D eigenvalue weighted by Crippen LogP contribution is 2.33. The van der Waals surface area contributed by atoms with E-state index in [2.05, 4.69) is 37.4 Å². The summed E-state index contributed by atoms with van der Waals surface area (Å²) < 4.78 is 10.5. The maximum absolute atomic E-state index is 11.8. The molecular formula is C24H26O4S. The van der Waals surface area contributed by atoms with Crippen LogP contribution in [0.5, 0.6) is 5.75 Å². The largest absolute Gasteiger partial charge is 0.462 e. The summed E-state index contributed by atoms with van der Waals surface area (Å²) in [5.41, 5.74) is 4.09. The molecule has 5 heteroatoms. The van der Waals surface area contributed by atoms with Crippen molar-refractivity contribution in [1.29, 1.82) is 0 Å². The van der Waals surface area contributed by atoms with Gasteiger partial charge in [-0.2, -0.15) is 0 Å². The summed E-state index contributed by atoms with van der Waals surface area (Å²) >= 11 is 1.52. The Morgan fingerprint density at radius 2 is 1.55 bits per heavy atom. The molecule has 0 spiro atoms. The molecule has 0 aliphatic heterocycles. The van der Waals surface area contributed by atoms with Crippen molar-refractivity contribution in [2.75, 3.05) is 12.9 Å². The first kappa shape index (κ1) is 22.5. The number of rotatable bonds is 9. The van der Waals surface area contributed by atoms with Gasteiger partial charge < -0.3 is 9.47 Å². The van der Waals surface area contributed by atoms with Crippen LogP contribution in [0.4, 0.5) is 0 Å². The van der Waals surface area contributed by atoms with E-state index in [9.17, 15) is 9.59 Å². The minimum atomic E-state index is -0.425. The highest BCUT2D eigenvalue weighted by atomic mass is 32.2. The van der Waals surface area contributed by atoms with E-state index in [-0.39, 0.29) is 5.97 Å². The van der Waals surface area contributed by atoms with E-state index in [0.717, 1.165) is 28.9 Å². The van der Waals surface area contributed by atoms with Gasteiger partial charge in [0.1, 0.15) is 5.75 Å². The van der Waals surface area contributed by atoms with E-state index >= 15 is 0 Å². The Hall–Kier alpha value is -2.79. The van der Waals surface area contributed by atoms with Crippen LogP contribution in [0, 0.1) is 0 Å². The molecular weight excluding hydrogens is 384 g/mol. The van der Waals surface area contributed by atoms with Crippen LogP contribution in [0.15, 0.2) is 71.7 Å². The predicted molar refractivity (Wildman–Crippen MR) is 118 cm³/mol. The van der Waals surface area contributed by atoms with E-state index < -0.39 is 5.97 Å². The quantitative estimate of drug-likeness (QED) is 0.177. The van der Waals surface area contributed by atoms with Gasteiger partial charge in [-0.25, -0.2) is 9.59 Å². The highest BCUT2D eigenvalue weighted by Gasteiger charge is 2.11. The van der Waals surface area contributed by atoms with Crippen molar-refractivity contribution in [3.8, 4) is 16.9 Å². The van der Waals surface area contributed by atoms with Gasteiger partial charge in [0.15, 0.2) is 0 Å². The molecule has 0 saturated heterocycles. The van der Waals surface area contributed by atoms with E-state index in [4.69, 9.17) is 9.47 Å². The van der Waals surface area contributed by atoms with Gasteiger partial charge in [-0.1, -0.05) is 43.5 Å². The summed E-state index contributed by atoms with van der Waals surface area (Å²) in [6, 6.07) is 14.0. The summed E-state index contributed by atoms with van der Waals surface area (Å²) in [6.45, 7) is 10.8. The zero-order valence-corrected chi connectivity index (χ0v) is 17.9. The van der Waals surface area contributed by atoms with Crippen LogP contribution in [-0.4, -0.2) is 24.8 Å². The molecule has 0 aliphatic rings. The van der Waals surface area contributed by atoms with Gasteiger partial charge in [0.05, 0.1) is 11.5 Å². The number of carbonyl (C=O) groups excluding carboxylic acids is 2. The molecule has 0 saturated carbocycles. The highest BCUT2D eigenvalue weighted by molar-refractivity contribution is 7.98. The number of hydrogen-bond acceptors (Lipinski definition) is 5. The van der Waals surface area contributed by atoms with Gasteiger partial charge in [-0.3, -0.25) is 0 Å². The van der Waals surface area contributed by atoms with Crippen molar-refractivity contribution in [3.05, 3.63) is 72.3 Å². The number of thioether (sulfide) groups is 1. The van der Waals surface area contributed by atoms with E-state index in [0.29, 0.717) is 23.5 Å². The third-order valence-corrected chi connectivity index (χ3v) is 4.95. The Balaban J connectivity index is 2.01. The Morgan fingerprint density at radius 3 is 2.14 bits per heavy atom. The van der Waals surface area contributed by atoms with E-state index in [1.807, 2.05) is 24.5 Å². The van der Waals surface area contributed by atoms with Crippen LogP contribution in [0.1, 0.15) is 25.8 Å². The standard InChI is InChI=1S/C24H26O4S/c1-16(2)23(25)27-14-6-7-18-8-10-19(11-9-18)20-12-13-21(22(15-20)29-5)28-24(26)17(3)4/h8-13,15H,1,3,6-7,14H2,2,4-5H3. The predicted octanol–water partition coefficient (Wildman–Crippen LogP) is 5.61. The van der Waals surface area contributed by atoms with Gasteiger partial charge in [0, 0.05) is 11.1 Å².